The van der Waals surface area contributed by atoms with Gasteiger partial charge in [0, 0.05) is 6.42 Å². The molecule has 0 aromatic rings. The average Bonchev–Trinajstić information content (AvgIpc) is 2.28. The molecule has 0 amide bonds. The number of carboxylic acid groups (broad SMARTS) is 2. The van der Waals surface area contributed by atoms with E-state index in [0.29, 0.717) is 13.0 Å². The maximum atomic E-state index is 10.4. The summed E-state index contributed by atoms with van der Waals surface area (Å²) in [5.74, 6) is -2.83. The molecule has 0 aromatic carbocycles. The summed E-state index contributed by atoms with van der Waals surface area (Å²) in [6, 6.07) is -0.716. The molecule has 0 heterocycles. The van der Waals surface area contributed by atoms with Crippen molar-refractivity contribution in [2.45, 2.75) is 45.6 Å². The Morgan fingerprint density at radius 2 is 1.63 bits per heavy atom. The Kier molecular flexibility index (Phi) is 12.1. The van der Waals surface area contributed by atoms with Crippen LogP contribution in [0.1, 0.15) is 39.5 Å². The molecule has 0 saturated carbocycles. The lowest BCUT2D eigenvalue weighted by atomic mass is 10.1. The minimum absolute atomic E-state index is 0.133. The normalized spacial score (nSPS) is 11.4. The summed E-state index contributed by atoms with van der Waals surface area (Å²) < 4.78 is 0. The summed E-state index contributed by atoms with van der Waals surface area (Å²) >= 11 is 0. The summed E-state index contributed by atoms with van der Waals surface area (Å²) in [6.07, 6.45) is 2.30. The fourth-order valence-electron chi connectivity index (χ4n) is 1.09. The van der Waals surface area contributed by atoms with Crippen LogP contribution in [-0.4, -0.2) is 40.5 Å². The van der Waals surface area contributed by atoms with Crippen molar-refractivity contribution in [1.82, 2.24) is 0 Å². The fourth-order valence-corrected chi connectivity index (χ4v) is 1.09. The van der Waals surface area contributed by atoms with Gasteiger partial charge in [-0.2, -0.15) is 0 Å². The number of aliphatic carboxylic acids is 2. The van der Waals surface area contributed by atoms with Gasteiger partial charge in [0.1, 0.15) is 6.04 Å². The van der Waals surface area contributed by atoms with Crippen molar-refractivity contribution in [2.75, 3.05) is 6.54 Å². The lowest BCUT2D eigenvalue weighted by molar-refractivity contribution is -0.149. The lowest BCUT2D eigenvalue weighted by Gasteiger charge is -2.03. The highest BCUT2D eigenvalue weighted by atomic mass is 16.4. The Morgan fingerprint density at radius 3 is 1.89 bits per heavy atom. The van der Waals surface area contributed by atoms with Gasteiger partial charge < -0.3 is 21.7 Å². The van der Waals surface area contributed by atoms with Gasteiger partial charge in [-0.15, -0.1) is 0 Å². The standard InChI is InChI=1S/C6H14N2O2.C6H10O3/c7-4-2-1-3-5(8)6(9)10;1-4(2)3-5(7)6(8)9/h5H,1-4,7-8H2,(H,9,10);4H,3H2,1-2H3,(H,8,9)/t5-;/m0./s1. The molecule has 0 aliphatic rings. The molecule has 0 aliphatic heterocycles. The lowest BCUT2D eigenvalue weighted by Crippen LogP contribution is -2.29. The van der Waals surface area contributed by atoms with Gasteiger partial charge in [-0.1, -0.05) is 20.3 Å². The number of unbranched alkanes of at least 4 members (excludes halogenated alkanes) is 1. The van der Waals surface area contributed by atoms with E-state index in [4.69, 9.17) is 21.7 Å². The van der Waals surface area contributed by atoms with Crippen molar-refractivity contribution >= 4 is 17.7 Å². The van der Waals surface area contributed by atoms with Crippen LogP contribution in [0, 0.1) is 5.92 Å². The molecule has 0 aromatic heterocycles. The van der Waals surface area contributed by atoms with Crippen LogP contribution in [0.2, 0.25) is 0 Å². The number of ketones is 1. The van der Waals surface area contributed by atoms with Crippen LogP contribution >= 0.6 is 0 Å². The first-order valence-corrected chi connectivity index (χ1v) is 6.16. The maximum Gasteiger partial charge on any atom is 0.372 e. The second kappa shape index (κ2) is 11.6. The van der Waals surface area contributed by atoms with Gasteiger partial charge in [0.05, 0.1) is 0 Å². The minimum atomic E-state index is -1.33. The number of nitrogens with two attached hydrogens (primary N) is 2. The molecular formula is C12H24N2O5. The Balaban J connectivity index is 0. The molecule has 19 heavy (non-hydrogen) atoms. The number of Topliss-reactive ketones (excluding diaryl/α,β-unsaturated/α-hetero) is 1. The topological polar surface area (TPSA) is 144 Å². The van der Waals surface area contributed by atoms with Gasteiger partial charge in [-0.25, -0.2) is 4.79 Å². The average molecular weight is 276 g/mol. The van der Waals surface area contributed by atoms with Crippen molar-refractivity contribution in [3.63, 3.8) is 0 Å². The van der Waals surface area contributed by atoms with E-state index in [0.717, 1.165) is 12.8 Å². The zero-order valence-electron chi connectivity index (χ0n) is 11.5. The molecule has 0 spiro atoms. The van der Waals surface area contributed by atoms with Crippen LogP contribution in [0.15, 0.2) is 0 Å². The first-order chi connectivity index (χ1) is 8.72. The Bertz CT molecular complexity index is 292. The highest BCUT2D eigenvalue weighted by Gasteiger charge is 2.12. The third kappa shape index (κ3) is 14.5. The number of carbonyl (C=O) groups excluding carboxylic acids is 1. The summed E-state index contributed by atoms with van der Waals surface area (Å²) in [5, 5.41) is 16.4. The number of carbonyl (C=O) groups is 3. The number of carboxylic acids is 2. The predicted molar refractivity (Wildman–Crippen MR) is 70.6 cm³/mol. The first-order valence-electron chi connectivity index (χ1n) is 6.16. The Morgan fingerprint density at radius 1 is 1.11 bits per heavy atom. The fraction of sp³-hybridized carbons (Fsp3) is 0.750. The van der Waals surface area contributed by atoms with Crippen molar-refractivity contribution in [3.05, 3.63) is 0 Å². The second-order valence-electron chi connectivity index (χ2n) is 4.56. The monoisotopic (exact) mass is 276 g/mol. The summed E-state index contributed by atoms with van der Waals surface area (Å²) in [4.78, 5) is 30.4. The highest BCUT2D eigenvalue weighted by molar-refractivity contribution is 6.32. The van der Waals surface area contributed by atoms with Gasteiger partial charge in [0.2, 0.25) is 5.78 Å². The summed E-state index contributed by atoms with van der Waals surface area (Å²) in [7, 11) is 0. The van der Waals surface area contributed by atoms with Gasteiger partial charge in [0.25, 0.3) is 0 Å². The smallest absolute Gasteiger partial charge is 0.372 e. The SMILES string of the molecule is CC(C)CC(=O)C(=O)O.NCCCC[C@H](N)C(=O)O. The molecule has 6 N–H and O–H groups in total. The molecule has 112 valence electrons. The second-order valence-corrected chi connectivity index (χ2v) is 4.56. The summed E-state index contributed by atoms with van der Waals surface area (Å²) in [5.41, 5.74) is 10.4. The molecule has 0 saturated heterocycles. The summed E-state index contributed by atoms with van der Waals surface area (Å²) in [6.45, 7) is 4.22. The molecular weight excluding hydrogens is 252 g/mol. The molecule has 0 unspecified atom stereocenters. The Hall–Kier alpha value is -1.47. The number of hydrogen-bond acceptors (Lipinski definition) is 5. The van der Waals surface area contributed by atoms with E-state index in [1.54, 1.807) is 13.8 Å². The van der Waals surface area contributed by atoms with Crippen LogP contribution in [0.5, 0.6) is 0 Å². The first kappa shape index (κ1) is 19.9. The molecule has 7 nitrogen and oxygen atoms in total. The molecule has 7 heteroatoms. The van der Waals surface area contributed by atoms with Crippen molar-refractivity contribution in [2.24, 2.45) is 17.4 Å². The minimum Gasteiger partial charge on any atom is -0.480 e. The van der Waals surface area contributed by atoms with Crippen molar-refractivity contribution in [3.8, 4) is 0 Å². The van der Waals surface area contributed by atoms with Crippen molar-refractivity contribution < 1.29 is 24.6 Å². The third-order valence-electron chi connectivity index (χ3n) is 2.12. The van der Waals surface area contributed by atoms with Crippen LogP contribution in [0.25, 0.3) is 0 Å². The van der Waals surface area contributed by atoms with Gasteiger partial charge in [0.15, 0.2) is 0 Å². The van der Waals surface area contributed by atoms with E-state index in [2.05, 4.69) is 0 Å². The van der Waals surface area contributed by atoms with E-state index in [1.165, 1.54) is 0 Å². The molecule has 0 bridgehead atoms. The van der Waals surface area contributed by atoms with Gasteiger partial charge >= 0.3 is 11.9 Å². The third-order valence-corrected chi connectivity index (χ3v) is 2.12. The van der Waals surface area contributed by atoms with Crippen LogP contribution < -0.4 is 11.5 Å². The van der Waals surface area contributed by atoms with E-state index in [9.17, 15) is 14.4 Å². The molecule has 1 atom stereocenters. The zero-order chi connectivity index (χ0) is 15.4. The van der Waals surface area contributed by atoms with E-state index >= 15 is 0 Å². The number of rotatable bonds is 8. The van der Waals surface area contributed by atoms with E-state index < -0.39 is 23.8 Å². The van der Waals surface area contributed by atoms with Gasteiger partial charge in [-0.3, -0.25) is 9.59 Å². The van der Waals surface area contributed by atoms with Gasteiger partial charge in [-0.05, 0) is 25.3 Å². The highest BCUT2D eigenvalue weighted by Crippen LogP contribution is 1.99. The molecule has 0 radical (unpaired) electrons. The Labute approximate surface area is 113 Å². The number of hydrogen-bond donors (Lipinski definition) is 4. The zero-order valence-corrected chi connectivity index (χ0v) is 11.5. The van der Waals surface area contributed by atoms with Crippen molar-refractivity contribution in [1.29, 1.82) is 0 Å². The maximum absolute atomic E-state index is 10.4. The molecule has 0 fully saturated rings. The van der Waals surface area contributed by atoms with Crippen LogP contribution in [0.4, 0.5) is 0 Å². The van der Waals surface area contributed by atoms with E-state index in [1.807, 2.05) is 0 Å². The predicted octanol–water partition coefficient (Wildman–Crippen LogP) is 0.214. The van der Waals surface area contributed by atoms with Crippen LogP contribution in [-0.2, 0) is 14.4 Å². The largest absolute Gasteiger partial charge is 0.480 e. The molecule has 0 rings (SSSR count). The van der Waals surface area contributed by atoms with Crippen LogP contribution in [0.3, 0.4) is 0 Å². The van der Waals surface area contributed by atoms with E-state index in [-0.39, 0.29) is 12.3 Å². The quantitative estimate of drug-likeness (QED) is 0.366. The molecule has 0 aliphatic carbocycles.